The SMILES string of the molecule is C/C1=C\CC[C@](C)(O)[C@H]2C=C(C(C)C)[C@H](C/C(C)=C/CC1)O2. The molecule has 0 saturated carbocycles. The monoisotopic (exact) mass is 304 g/mol. The molecule has 0 aliphatic carbocycles. The summed E-state index contributed by atoms with van der Waals surface area (Å²) in [6.07, 6.45) is 11.6. The maximum Gasteiger partial charge on any atom is 0.105 e. The van der Waals surface area contributed by atoms with E-state index in [1.165, 1.54) is 16.7 Å². The third kappa shape index (κ3) is 4.33. The fourth-order valence-electron chi connectivity index (χ4n) is 3.41. The molecule has 0 spiro atoms. The van der Waals surface area contributed by atoms with Crippen molar-refractivity contribution >= 4 is 0 Å². The van der Waals surface area contributed by atoms with E-state index in [0.717, 1.165) is 32.1 Å². The quantitative estimate of drug-likeness (QED) is 0.695. The van der Waals surface area contributed by atoms with Crippen LogP contribution in [0.15, 0.2) is 34.9 Å². The highest BCUT2D eigenvalue weighted by molar-refractivity contribution is 5.24. The molecule has 2 aliphatic heterocycles. The van der Waals surface area contributed by atoms with Gasteiger partial charge in [-0.3, -0.25) is 0 Å². The van der Waals surface area contributed by atoms with Crippen molar-refractivity contribution in [3.05, 3.63) is 34.9 Å². The fourth-order valence-corrected chi connectivity index (χ4v) is 3.41. The van der Waals surface area contributed by atoms with E-state index in [9.17, 15) is 5.11 Å². The predicted octanol–water partition coefficient (Wildman–Crippen LogP) is 4.94. The van der Waals surface area contributed by atoms with Crippen LogP contribution in [-0.4, -0.2) is 22.9 Å². The van der Waals surface area contributed by atoms with Crippen molar-refractivity contribution in [2.75, 3.05) is 0 Å². The average molecular weight is 304 g/mol. The number of aliphatic hydroxyl groups is 1. The Bertz CT molecular complexity index is 480. The molecule has 2 aliphatic rings. The van der Waals surface area contributed by atoms with Gasteiger partial charge in [0.2, 0.25) is 0 Å². The van der Waals surface area contributed by atoms with Gasteiger partial charge >= 0.3 is 0 Å². The van der Waals surface area contributed by atoms with Gasteiger partial charge in [0.15, 0.2) is 0 Å². The van der Waals surface area contributed by atoms with Crippen LogP contribution < -0.4 is 0 Å². The third-order valence-corrected chi connectivity index (χ3v) is 4.99. The highest BCUT2D eigenvalue weighted by atomic mass is 16.5. The summed E-state index contributed by atoms with van der Waals surface area (Å²) in [7, 11) is 0. The average Bonchev–Trinajstić information content (AvgIpc) is 2.82. The van der Waals surface area contributed by atoms with Crippen LogP contribution in [0.1, 0.15) is 66.7 Å². The molecule has 0 aromatic carbocycles. The summed E-state index contributed by atoms with van der Waals surface area (Å²) >= 11 is 0. The minimum atomic E-state index is -0.794. The van der Waals surface area contributed by atoms with Gasteiger partial charge in [0.05, 0.1) is 11.7 Å². The zero-order chi connectivity index (χ0) is 16.3. The van der Waals surface area contributed by atoms with Crippen LogP contribution in [0.3, 0.4) is 0 Å². The summed E-state index contributed by atoms with van der Waals surface area (Å²) in [4.78, 5) is 0. The second-order valence-electron chi connectivity index (χ2n) is 7.61. The van der Waals surface area contributed by atoms with Gasteiger partial charge in [-0.25, -0.2) is 0 Å². The van der Waals surface area contributed by atoms with Gasteiger partial charge in [-0.2, -0.15) is 0 Å². The number of hydrogen-bond acceptors (Lipinski definition) is 2. The minimum Gasteiger partial charge on any atom is -0.387 e. The Labute approximate surface area is 136 Å². The Morgan fingerprint density at radius 2 is 1.86 bits per heavy atom. The Kier molecular flexibility index (Phi) is 5.68. The summed E-state index contributed by atoms with van der Waals surface area (Å²) in [5, 5.41) is 10.9. The lowest BCUT2D eigenvalue weighted by Crippen LogP contribution is -2.39. The van der Waals surface area contributed by atoms with Crippen LogP contribution in [0.2, 0.25) is 0 Å². The topological polar surface area (TPSA) is 29.5 Å². The number of allylic oxidation sites excluding steroid dienone is 3. The van der Waals surface area contributed by atoms with Crippen LogP contribution in [0, 0.1) is 5.92 Å². The number of ether oxygens (including phenoxy) is 1. The lowest BCUT2D eigenvalue weighted by Gasteiger charge is -2.29. The van der Waals surface area contributed by atoms with Crippen molar-refractivity contribution in [1.82, 2.24) is 0 Å². The van der Waals surface area contributed by atoms with E-state index in [1.807, 2.05) is 6.92 Å². The maximum atomic E-state index is 10.9. The first-order valence-electron chi connectivity index (χ1n) is 8.70. The van der Waals surface area contributed by atoms with Crippen molar-refractivity contribution in [3.8, 4) is 0 Å². The lowest BCUT2D eigenvalue weighted by molar-refractivity contribution is -0.0860. The van der Waals surface area contributed by atoms with Crippen molar-refractivity contribution in [2.24, 2.45) is 5.92 Å². The molecule has 0 saturated heterocycles. The van der Waals surface area contributed by atoms with E-state index < -0.39 is 5.60 Å². The van der Waals surface area contributed by atoms with E-state index in [2.05, 4.69) is 45.9 Å². The molecule has 2 bridgehead atoms. The van der Waals surface area contributed by atoms with Crippen LogP contribution in [0.4, 0.5) is 0 Å². The molecule has 3 atom stereocenters. The van der Waals surface area contributed by atoms with Gasteiger partial charge in [0.1, 0.15) is 6.10 Å². The van der Waals surface area contributed by atoms with Gasteiger partial charge in [-0.05, 0) is 64.4 Å². The minimum absolute atomic E-state index is 0.127. The first kappa shape index (κ1) is 17.5. The number of hydrogen-bond donors (Lipinski definition) is 1. The molecule has 0 amide bonds. The Morgan fingerprint density at radius 1 is 1.18 bits per heavy atom. The van der Waals surface area contributed by atoms with Crippen molar-refractivity contribution in [2.45, 2.75) is 84.5 Å². The van der Waals surface area contributed by atoms with Crippen LogP contribution in [-0.2, 0) is 4.74 Å². The second-order valence-corrected chi connectivity index (χ2v) is 7.61. The van der Waals surface area contributed by atoms with E-state index >= 15 is 0 Å². The van der Waals surface area contributed by atoms with Gasteiger partial charge in [0.25, 0.3) is 0 Å². The zero-order valence-electron chi connectivity index (χ0n) is 14.9. The van der Waals surface area contributed by atoms with E-state index in [-0.39, 0.29) is 12.2 Å². The maximum absolute atomic E-state index is 10.9. The van der Waals surface area contributed by atoms with E-state index in [1.54, 1.807) is 0 Å². The number of rotatable bonds is 1. The summed E-state index contributed by atoms with van der Waals surface area (Å²) in [6.45, 7) is 10.7. The zero-order valence-corrected chi connectivity index (χ0v) is 14.9. The smallest absolute Gasteiger partial charge is 0.105 e. The molecule has 2 heterocycles. The summed E-state index contributed by atoms with van der Waals surface area (Å²) in [5.41, 5.74) is 3.37. The Balaban J connectivity index is 2.27. The van der Waals surface area contributed by atoms with E-state index in [0.29, 0.717) is 5.92 Å². The third-order valence-electron chi connectivity index (χ3n) is 4.99. The van der Waals surface area contributed by atoms with Crippen molar-refractivity contribution < 1.29 is 9.84 Å². The first-order chi connectivity index (χ1) is 10.3. The molecule has 2 nitrogen and oxygen atoms in total. The molecular weight excluding hydrogens is 272 g/mol. The molecule has 124 valence electrons. The normalized spacial score (nSPS) is 39.0. The van der Waals surface area contributed by atoms with Gasteiger partial charge in [-0.15, -0.1) is 0 Å². The summed E-state index contributed by atoms with van der Waals surface area (Å²) < 4.78 is 6.26. The second kappa shape index (κ2) is 7.14. The largest absolute Gasteiger partial charge is 0.387 e. The molecule has 0 aromatic heterocycles. The summed E-state index contributed by atoms with van der Waals surface area (Å²) in [5.74, 6) is 0.466. The molecule has 22 heavy (non-hydrogen) atoms. The number of fused-ring (bicyclic) bond motifs is 2. The van der Waals surface area contributed by atoms with Gasteiger partial charge in [0, 0.05) is 0 Å². The molecule has 0 fully saturated rings. The van der Waals surface area contributed by atoms with Crippen LogP contribution in [0.25, 0.3) is 0 Å². The Hall–Kier alpha value is -0.860. The molecule has 0 unspecified atom stereocenters. The van der Waals surface area contributed by atoms with Crippen LogP contribution in [0.5, 0.6) is 0 Å². The molecule has 2 heteroatoms. The van der Waals surface area contributed by atoms with Gasteiger partial charge < -0.3 is 9.84 Å². The van der Waals surface area contributed by atoms with Gasteiger partial charge in [-0.1, -0.05) is 43.2 Å². The molecule has 0 aromatic rings. The fraction of sp³-hybridized carbons (Fsp3) is 0.700. The molecule has 2 rings (SSSR count). The van der Waals surface area contributed by atoms with Crippen LogP contribution >= 0.6 is 0 Å². The molecule has 0 radical (unpaired) electrons. The van der Waals surface area contributed by atoms with Crippen molar-refractivity contribution in [1.29, 1.82) is 0 Å². The standard InChI is InChI=1S/C20H32O2/c1-14(2)17-13-19-20(5,21)11-7-10-15(3)8-6-9-16(4)12-18(17)22-19/h9-10,13-14,18-19,21H,6-8,11-12H2,1-5H3/b15-10+,16-9+/t18-,19+,20-/m0/s1. The van der Waals surface area contributed by atoms with Crippen molar-refractivity contribution in [3.63, 3.8) is 0 Å². The predicted molar refractivity (Wildman–Crippen MR) is 92.8 cm³/mol. The highest BCUT2D eigenvalue weighted by Gasteiger charge is 2.39. The molecular formula is C20H32O2. The molecule has 1 N–H and O–H groups in total. The van der Waals surface area contributed by atoms with E-state index in [4.69, 9.17) is 4.74 Å². The summed E-state index contributed by atoms with van der Waals surface area (Å²) in [6, 6.07) is 0. The Morgan fingerprint density at radius 3 is 2.55 bits per heavy atom. The highest BCUT2D eigenvalue weighted by Crippen LogP contribution is 2.36. The first-order valence-corrected chi connectivity index (χ1v) is 8.70. The lowest BCUT2D eigenvalue weighted by atomic mass is 9.89.